The molecule has 0 fully saturated rings. The number of rotatable bonds is 5. The van der Waals surface area contributed by atoms with Crippen LogP contribution in [0.5, 0.6) is 0 Å². The van der Waals surface area contributed by atoms with Gasteiger partial charge < -0.3 is 10.4 Å². The first-order valence-electron chi connectivity index (χ1n) is 5.32. The molecule has 0 saturated heterocycles. The van der Waals surface area contributed by atoms with E-state index in [1.165, 1.54) is 6.07 Å². The van der Waals surface area contributed by atoms with Gasteiger partial charge in [-0.3, -0.25) is 0 Å². The summed E-state index contributed by atoms with van der Waals surface area (Å²) in [5.74, 6) is -0.323. The van der Waals surface area contributed by atoms with Gasteiger partial charge >= 0.3 is 0 Å². The molecule has 0 aliphatic carbocycles. The summed E-state index contributed by atoms with van der Waals surface area (Å²) in [7, 11) is 0. The Morgan fingerprint density at radius 1 is 1.50 bits per heavy atom. The van der Waals surface area contributed by atoms with Crippen LogP contribution in [0.2, 0.25) is 5.02 Å². The van der Waals surface area contributed by atoms with Gasteiger partial charge in [-0.15, -0.1) is 0 Å². The second-order valence-corrected chi connectivity index (χ2v) is 4.56. The third-order valence-electron chi connectivity index (χ3n) is 2.63. The molecule has 0 aromatic heterocycles. The number of halogens is 2. The maximum Gasteiger partial charge on any atom is 0.129 e. The zero-order valence-electron chi connectivity index (χ0n) is 9.56. The fraction of sp³-hybridized carbons (Fsp3) is 0.500. The van der Waals surface area contributed by atoms with Crippen LogP contribution >= 0.6 is 11.6 Å². The summed E-state index contributed by atoms with van der Waals surface area (Å²) < 4.78 is 13.4. The van der Waals surface area contributed by atoms with Crippen LogP contribution in [0.25, 0.3) is 0 Å². The van der Waals surface area contributed by atoms with E-state index in [-0.39, 0.29) is 5.82 Å². The number of nitrogens with one attached hydrogen (secondary N) is 1. The van der Waals surface area contributed by atoms with Gasteiger partial charge in [0.15, 0.2) is 0 Å². The predicted octanol–water partition coefficient (Wildman–Crippen LogP) is 2.73. The van der Waals surface area contributed by atoms with Crippen molar-refractivity contribution >= 4 is 11.6 Å². The van der Waals surface area contributed by atoms with E-state index in [0.717, 1.165) is 0 Å². The second kappa shape index (κ2) is 5.62. The molecule has 1 atom stereocenters. The maximum atomic E-state index is 13.4. The van der Waals surface area contributed by atoms with Crippen molar-refractivity contribution in [1.29, 1.82) is 0 Å². The molecule has 16 heavy (non-hydrogen) atoms. The molecule has 0 aliphatic rings. The Morgan fingerprint density at radius 2 is 2.19 bits per heavy atom. The Morgan fingerprint density at radius 3 is 2.75 bits per heavy atom. The Labute approximate surface area is 100 Å². The lowest BCUT2D eigenvalue weighted by molar-refractivity contribution is 0.0555. The van der Waals surface area contributed by atoms with Crippen molar-refractivity contribution < 1.29 is 9.50 Å². The largest absolute Gasteiger partial charge is 0.389 e. The lowest BCUT2D eigenvalue weighted by Crippen LogP contribution is -2.36. The first-order chi connectivity index (χ1) is 7.46. The molecule has 0 heterocycles. The molecule has 1 unspecified atom stereocenters. The highest BCUT2D eigenvalue weighted by Crippen LogP contribution is 2.18. The number of aliphatic hydroxyl groups is 1. The third kappa shape index (κ3) is 3.74. The maximum absolute atomic E-state index is 13.4. The summed E-state index contributed by atoms with van der Waals surface area (Å²) in [5, 5.41) is 13.2. The van der Waals surface area contributed by atoms with E-state index in [1.807, 2.05) is 6.92 Å². The van der Waals surface area contributed by atoms with Crippen LogP contribution < -0.4 is 5.32 Å². The normalized spacial score (nSPS) is 14.8. The van der Waals surface area contributed by atoms with Crippen molar-refractivity contribution in [3.05, 3.63) is 34.6 Å². The number of benzene rings is 1. The summed E-state index contributed by atoms with van der Waals surface area (Å²) in [4.78, 5) is 0. The highest BCUT2D eigenvalue weighted by molar-refractivity contribution is 6.31. The van der Waals surface area contributed by atoms with Gasteiger partial charge in [0, 0.05) is 23.7 Å². The molecule has 0 bridgehead atoms. The summed E-state index contributed by atoms with van der Waals surface area (Å²) in [6, 6.07) is 4.60. The minimum Gasteiger partial charge on any atom is -0.389 e. The van der Waals surface area contributed by atoms with Gasteiger partial charge in [-0.05, 0) is 25.5 Å². The average molecular weight is 246 g/mol. The Kier molecular flexibility index (Phi) is 4.71. The van der Waals surface area contributed by atoms with Gasteiger partial charge in [0.2, 0.25) is 0 Å². The zero-order chi connectivity index (χ0) is 12.2. The van der Waals surface area contributed by atoms with Gasteiger partial charge in [-0.2, -0.15) is 0 Å². The topological polar surface area (TPSA) is 32.3 Å². The summed E-state index contributed by atoms with van der Waals surface area (Å²) >= 11 is 5.87. The lowest BCUT2D eigenvalue weighted by Gasteiger charge is -2.21. The van der Waals surface area contributed by atoms with E-state index in [1.54, 1.807) is 19.1 Å². The molecular weight excluding hydrogens is 229 g/mol. The molecule has 0 radical (unpaired) electrons. The molecule has 2 N–H and O–H groups in total. The number of hydrogen-bond donors (Lipinski definition) is 2. The molecule has 1 rings (SSSR count). The summed E-state index contributed by atoms with van der Waals surface area (Å²) in [6.07, 6.45) is 0.644. The van der Waals surface area contributed by atoms with Gasteiger partial charge in [0.05, 0.1) is 5.60 Å². The number of hydrogen-bond acceptors (Lipinski definition) is 2. The van der Waals surface area contributed by atoms with Crippen molar-refractivity contribution in [2.45, 2.75) is 32.4 Å². The van der Waals surface area contributed by atoms with E-state index in [4.69, 9.17) is 11.6 Å². The van der Waals surface area contributed by atoms with Crippen LogP contribution in [0, 0.1) is 5.82 Å². The van der Waals surface area contributed by atoms with E-state index in [9.17, 15) is 9.50 Å². The molecule has 0 spiro atoms. The Balaban J connectivity index is 2.56. The summed E-state index contributed by atoms with van der Waals surface area (Å²) in [5.41, 5.74) is -0.325. The van der Waals surface area contributed by atoms with Gasteiger partial charge in [-0.1, -0.05) is 24.6 Å². The molecule has 1 aromatic rings. The fourth-order valence-electron chi connectivity index (χ4n) is 1.28. The SMILES string of the molecule is CCC(C)(O)CNCc1c(F)cccc1Cl. The summed E-state index contributed by atoms with van der Waals surface area (Å²) in [6.45, 7) is 4.37. The van der Waals surface area contributed by atoms with E-state index < -0.39 is 5.60 Å². The highest BCUT2D eigenvalue weighted by atomic mass is 35.5. The first-order valence-corrected chi connectivity index (χ1v) is 5.70. The molecule has 1 aromatic carbocycles. The van der Waals surface area contributed by atoms with E-state index in [0.29, 0.717) is 30.1 Å². The van der Waals surface area contributed by atoms with Crippen LogP contribution in [-0.2, 0) is 6.54 Å². The van der Waals surface area contributed by atoms with Crippen LogP contribution in [0.15, 0.2) is 18.2 Å². The highest BCUT2D eigenvalue weighted by Gasteiger charge is 2.17. The third-order valence-corrected chi connectivity index (χ3v) is 2.99. The Bertz CT molecular complexity index is 335. The van der Waals surface area contributed by atoms with Crippen LogP contribution in [0.1, 0.15) is 25.8 Å². The molecular formula is C12H17ClFNO. The molecule has 2 nitrogen and oxygen atoms in total. The van der Waals surface area contributed by atoms with Crippen LogP contribution in [0.3, 0.4) is 0 Å². The molecule has 0 saturated carbocycles. The minimum atomic E-state index is -0.766. The van der Waals surface area contributed by atoms with Crippen molar-refractivity contribution in [2.75, 3.05) is 6.54 Å². The fourth-order valence-corrected chi connectivity index (χ4v) is 1.51. The first kappa shape index (κ1) is 13.4. The Hall–Kier alpha value is -0.640. The average Bonchev–Trinajstić information content (AvgIpc) is 2.22. The van der Waals surface area contributed by atoms with Crippen molar-refractivity contribution in [1.82, 2.24) is 5.32 Å². The van der Waals surface area contributed by atoms with Gasteiger partial charge in [0.25, 0.3) is 0 Å². The lowest BCUT2D eigenvalue weighted by atomic mass is 10.0. The molecule has 0 amide bonds. The van der Waals surface area contributed by atoms with Crippen molar-refractivity contribution in [3.63, 3.8) is 0 Å². The second-order valence-electron chi connectivity index (χ2n) is 4.15. The predicted molar refractivity (Wildman–Crippen MR) is 64.0 cm³/mol. The standard InChI is InChI=1S/C12H17ClFNO/c1-3-12(2,16)8-15-7-9-10(13)5-4-6-11(9)14/h4-6,15-16H,3,7-8H2,1-2H3. The molecule has 4 heteroatoms. The quantitative estimate of drug-likeness (QED) is 0.836. The van der Waals surface area contributed by atoms with Crippen molar-refractivity contribution in [2.24, 2.45) is 0 Å². The monoisotopic (exact) mass is 245 g/mol. The van der Waals surface area contributed by atoms with Crippen LogP contribution in [0.4, 0.5) is 4.39 Å². The molecule has 0 aliphatic heterocycles. The van der Waals surface area contributed by atoms with Crippen molar-refractivity contribution in [3.8, 4) is 0 Å². The zero-order valence-corrected chi connectivity index (χ0v) is 10.3. The van der Waals surface area contributed by atoms with Gasteiger partial charge in [-0.25, -0.2) is 4.39 Å². The molecule has 90 valence electrons. The van der Waals surface area contributed by atoms with E-state index >= 15 is 0 Å². The van der Waals surface area contributed by atoms with Crippen LogP contribution in [-0.4, -0.2) is 17.3 Å². The van der Waals surface area contributed by atoms with E-state index in [2.05, 4.69) is 5.32 Å². The minimum absolute atomic E-state index is 0.321. The van der Waals surface area contributed by atoms with Gasteiger partial charge in [0.1, 0.15) is 5.82 Å². The smallest absolute Gasteiger partial charge is 0.129 e.